The molecule has 0 spiro atoms. The van der Waals surface area contributed by atoms with Crippen molar-refractivity contribution >= 4 is 63.8 Å². The summed E-state index contributed by atoms with van der Waals surface area (Å²) in [6, 6.07) is 30.1. The Morgan fingerprint density at radius 2 is 1.67 bits per heavy atom. The van der Waals surface area contributed by atoms with Crippen LogP contribution in [0.25, 0.3) is 10.8 Å². The Bertz CT molecular complexity index is 1690. The van der Waals surface area contributed by atoms with Crippen LogP contribution in [0.3, 0.4) is 0 Å². The van der Waals surface area contributed by atoms with Gasteiger partial charge in [0.25, 0.3) is 0 Å². The normalized spacial score (nSPS) is 16.8. The van der Waals surface area contributed by atoms with Crippen molar-refractivity contribution in [2.45, 2.75) is 23.1 Å². The van der Waals surface area contributed by atoms with E-state index in [1.807, 2.05) is 72.6 Å². The van der Waals surface area contributed by atoms with Gasteiger partial charge in [-0.05, 0) is 0 Å². The molecule has 10 heteroatoms. The van der Waals surface area contributed by atoms with Gasteiger partial charge in [0.15, 0.2) is 0 Å². The zero-order valence-corrected chi connectivity index (χ0v) is 24.4. The Morgan fingerprint density at radius 3 is 2.38 bits per heavy atom. The first-order chi connectivity index (χ1) is 18.8. The quantitative estimate of drug-likeness (QED) is 0.181. The average Bonchev–Trinajstić information content (AvgIpc) is 2.97. The van der Waals surface area contributed by atoms with Crippen molar-refractivity contribution in [2.75, 3.05) is 6.54 Å². The molecule has 0 saturated carbocycles. The number of sulfonamides is 1. The number of fused-ring (bicyclic) bond motifs is 1. The zero-order valence-electron chi connectivity index (χ0n) is 21.1. The Labute approximate surface area is 239 Å². The van der Waals surface area contributed by atoms with E-state index >= 15 is 0 Å². The van der Waals surface area contributed by atoms with Gasteiger partial charge in [-0.15, -0.1) is 0 Å². The summed E-state index contributed by atoms with van der Waals surface area (Å²) in [6.07, 6.45) is 0.674. The second-order valence-electron chi connectivity index (χ2n) is 8.90. The number of hydrogen-bond acceptors (Lipinski definition) is 3. The molecular formula is C29H26ClN5O2SSe. The molecule has 39 heavy (non-hydrogen) atoms. The van der Waals surface area contributed by atoms with Crippen molar-refractivity contribution in [3.05, 3.63) is 113 Å². The molecule has 5 rings (SSSR count). The Morgan fingerprint density at radius 1 is 0.974 bits per heavy atom. The molecule has 0 aliphatic carbocycles. The van der Waals surface area contributed by atoms with Crippen molar-refractivity contribution in [3.63, 3.8) is 0 Å². The van der Waals surface area contributed by atoms with Crippen molar-refractivity contribution < 1.29 is 8.42 Å². The van der Waals surface area contributed by atoms with Gasteiger partial charge < -0.3 is 0 Å². The molecule has 2 N–H and O–H groups in total. The van der Waals surface area contributed by atoms with Gasteiger partial charge in [-0.2, -0.15) is 0 Å². The number of rotatable bonds is 5. The third kappa shape index (κ3) is 6.23. The van der Waals surface area contributed by atoms with Crippen LogP contribution in [0, 0.1) is 0 Å². The van der Waals surface area contributed by atoms with Gasteiger partial charge in [0.2, 0.25) is 0 Å². The Balaban J connectivity index is 1.61. The molecule has 1 aliphatic rings. The molecule has 0 radical (unpaired) electrons. The molecule has 1 heterocycles. The Hall–Kier alpha value is -3.49. The summed E-state index contributed by atoms with van der Waals surface area (Å²) < 4.78 is 31.5. The number of nitrogens with zero attached hydrogens (tertiary/aromatic N) is 4. The molecule has 0 aromatic heterocycles. The van der Waals surface area contributed by atoms with Crippen LogP contribution in [0.2, 0.25) is 10.8 Å². The van der Waals surface area contributed by atoms with Crippen molar-refractivity contribution in [2.24, 2.45) is 20.2 Å². The molecule has 4 aromatic rings. The SMILES string of the molecule is C[Se]/C(N)=N\C(=N\S(=O)(=O)c1ccc2ccccc2c1)N1CCC(c2ccccc2)C(c2ccc(Cl)cc2)=N1. The van der Waals surface area contributed by atoms with Gasteiger partial charge in [0.1, 0.15) is 0 Å². The van der Waals surface area contributed by atoms with E-state index in [-0.39, 0.29) is 31.7 Å². The standard InChI is InChI=1S/C29H26ClN5O2SSe/c1-39-28(31)32-29(34-38(36,37)25-16-13-20-7-5-6-10-23(20)19-25)35-18-17-26(21-8-3-2-4-9-21)27(33-35)22-11-14-24(30)15-12-22/h2-16,19,26H,17-18H2,1H3,(H2,31,32,34). The van der Waals surface area contributed by atoms with E-state index in [1.54, 1.807) is 23.2 Å². The molecule has 0 fully saturated rings. The van der Waals surface area contributed by atoms with Gasteiger partial charge in [-0.1, -0.05) is 0 Å². The van der Waals surface area contributed by atoms with E-state index < -0.39 is 10.0 Å². The molecule has 1 unspecified atom stereocenters. The summed E-state index contributed by atoms with van der Waals surface area (Å²) in [7, 11) is -4.10. The first-order valence-corrected chi connectivity index (χ1v) is 16.6. The molecule has 7 nitrogen and oxygen atoms in total. The van der Waals surface area contributed by atoms with Crippen LogP contribution in [0.1, 0.15) is 23.5 Å². The molecule has 1 atom stereocenters. The summed E-state index contributed by atoms with van der Waals surface area (Å²) in [4.78, 5) is 4.50. The van der Waals surface area contributed by atoms with Crippen LogP contribution < -0.4 is 5.73 Å². The maximum absolute atomic E-state index is 13.5. The number of nitrogens with two attached hydrogens (primary N) is 1. The second-order valence-corrected chi connectivity index (χ2v) is 12.7. The van der Waals surface area contributed by atoms with Gasteiger partial charge in [0.05, 0.1) is 0 Å². The Kier molecular flexibility index (Phi) is 8.14. The van der Waals surface area contributed by atoms with Crippen LogP contribution in [-0.4, -0.2) is 51.3 Å². The topological polar surface area (TPSA) is 100 Å². The van der Waals surface area contributed by atoms with Gasteiger partial charge in [-0.3, -0.25) is 0 Å². The van der Waals surface area contributed by atoms with Gasteiger partial charge in [-0.25, -0.2) is 0 Å². The third-order valence-electron chi connectivity index (χ3n) is 6.40. The summed E-state index contributed by atoms with van der Waals surface area (Å²) in [5.74, 6) is 1.85. The van der Waals surface area contributed by atoms with Gasteiger partial charge in [0, 0.05) is 0 Å². The first kappa shape index (κ1) is 27.1. The number of amidine groups is 1. The van der Waals surface area contributed by atoms with E-state index in [4.69, 9.17) is 22.4 Å². The molecular weight excluding hydrogens is 597 g/mol. The number of hydrazone groups is 1. The van der Waals surface area contributed by atoms with Crippen LogP contribution in [0.5, 0.6) is 0 Å². The molecule has 4 aromatic carbocycles. The van der Waals surface area contributed by atoms with E-state index in [0.717, 1.165) is 27.6 Å². The van der Waals surface area contributed by atoms with Crippen LogP contribution in [0.4, 0.5) is 0 Å². The predicted molar refractivity (Wildman–Crippen MR) is 160 cm³/mol. The van der Waals surface area contributed by atoms with Crippen LogP contribution in [0.15, 0.2) is 116 Å². The minimum absolute atomic E-state index is 0.00121. The fourth-order valence-electron chi connectivity index (χ4n) is 4.43. The number of guanidine groups is 1. The predicted octanol–water partition coefficient (Wildman–Crippen LogP) is 5.50. The summed E-state index contributed by atoms with van der Waals surface area (Å²) in [6.45, 7) is 0.413. The molecule has 198 valence electrons. The maximum atomic E-state index is 13.5. The van der Waals surface area contributed by atoms with Crippen LogP contribution >= 0.6 is 11.6 Å². The number of benzene rings is 4. The number of hydrogen-bond donors (Lipinski definition) is 1. The number of halogens is 1. The summed E-state index contributed by atoms with van der Waals surface area (Å²) in [5, 5.41) is 8.82. The van der Waals surface area contributed by atoms with Crippen molar-refractivity contribution in [1.82, 2.24) is 5.01 Å². The fraction of sp³-hybridized carbons (Fsp3) is 0.138. The number of aliphatic imine (C=N–C) groups is 1. The fourth-order valence-corrected chi connectivity index (χ4v) is 5.89. The monoisotopic (exact) mass is 623 g/mol. The average molecular weight is 623 g/mol. The summed E-state index contributed by atoms with van der Waals surface area (Å²) >= 11 is 6.02. The molecule has 0 amide bonds. The van der Waals surface area contributed by atoms with E-state index in [2.05, 4.69) is 21.5 Å². The van der Waals surface area contributed by atoms with Crippen molar-refractivity contribution in [1.29, 1.82) is 0 Å². The molecule has 0 saturated heterocycles. The second kappa shape index (κ2) is 11.7. The van der Waals surface area contributed by atoms with E-state index in [9.17, 15) is 8.42 Å². The van der Waals surface area contributed by atoms with Crippen molar-refractivity contribution in [3.8, 4) is 0 Å². The zero-order chi connectivity index (χ0) is 27.4. The molecule has 1 aliphatic heterocycles. The van der Waals surface area contributed by atoms with E-state index in [0.29, 0.717) is 22.7 Å². The minimum atomic E-state index is -4.10. The first-order valence-electron chi connectivity index (χ1n) is 12.2. The van der Waals surface area contributed by atoms with Gasteiger partial charge >= 0.3 is 240 Å². The van der Waals surface area contributed by atoms with Crippen LogP contribution in [-0.2, 0) is 10.0 Å². The third-order valence-corrected chi connectivity index (χ3v) is 8.98. The summed E-state index contributed by atoms with van der Waals surface area (Å²) in [5.41, 5.74) is 8.88. The van der Waals surface area contributed by atoms with E-state index in [1.165, 1.54) is 0 Å². The molecule has 0 bridgehead atoms.